The lowest BCUT2D eigenvalue weighted by atomic mass is 10.2. The van der Waals surface area contributed by atoms with Crippen LogP contribution < -0.4 is 5.56 Å². The van der Waals surface area contributed by atoms with Crippen LogP contribution in [0.2, 0.25) is 0 Å². The molecule has 0 radical (unpaired) electrons. The fourth-order valence-corrected chi connectivity index (χ4v) is 2.43. The molecule has 0 fully saturated rings. The molecular formula is C13H15ClN2O2S. The van der Waals surface area contributed by atoms with Crippen molar-refractivity contribution in [3.8, 4) is 0 Å². The quantitative estimate of drug-likeness (QED) is 0.810. The Kier molecular flexibility index (Phi) is 4.37. The van der Waals surface area contributed by atoms with Crippen LogP contribution in [0.15, 0.2) is 29.1 Å². The maximum Gasteiger partial charge on any atom is 0.261 e. The van der Waals surface area contributed by atoms with Gasteiger partial charge in [0.25, 0.3) is 5.56 Å². The second-order valence-corrected chi connectivity index (χ2v) is 6.47. The average Bonchev–Trinajstić information content (AvgIpc) is 2.41. The molecule has 4 nitrogen and oxygen atoms in total. The lowest BCUT2D eigenvalue weighted by Crippen LogP contribution is -2.30. The molecule has 19 heavy (non-hydrogen) atoms. The number of hydrogen-bond donors (Lipinski definition) is 0. The number of benzene rings is 1. The zero-order valence-corrected chi connectivity index (χ0v) is 12.4. The molecule has 0 aliphatic carbocycles. The number of alkyl halides is 1. The number of fused-ring (bicyclic) bond motifs is 1. The number of halogens is 1. The van der Waals surface area contributed by atoms with Crippen LogP contribution in [0.25, 0.3) is 10.9 Å². The van der Waals surface area contributed by atoms with E-state index in [0.29, 0.717) is 23.3 Å². The Morgan fingerprint density at radius 1 is 1.42 bits per heavy atom. The van der Waals surface area contributed by atoms with Gasteiger partial charge in [-0.05, 0) is 19.1 Å². The van der Waals surface area contributed by atoms with Crippen LogP contribution in [0.5, 0.6) is 0 Å². The van der Waals surface area contributed by atoms with E-state index in [4.69, 9.17) is 11.6 Å². The highest BCUT2D eigenvalue weighted by atomic mass is 35.5. The molecular weight excluding hydrogens is 284 g/mol. The van der Waals surface area contributed by atoms with E-state index in [1.54, 1.807) is 24.5 Å². The van der Waals surface area contributed by atoms with Gasteiger partial charge in [0.05, 0.1) is 16.8 Å². The van der Waals surface area contributed by atoms with E-state index in [2.05, 4.69) is 4.98 Å². The van der Waals surface area contributed by atoms with Crippen LogP contribution in [0.1, 0.15) is 12.7 Å². The third kappa shape index (κ3) is 2.87. The second-order valence-electron chi connectivity index (χ2n) is 4.40. The minimum absolute atomic E-state index is 0.123. The summed E-state index contributed by atoms with van der Waals surface area (Å²) in [6, 6.07) is 7.17. The van der Waals surface area contributed by atoms with Crippen LogP contribution >= 0.6 is 11.6 Å². The number of nitrogens with zero attached hydrogens (tertiary/aromatic N) is 2. The first kappa shape index (κ1) is 14.2. The van der Waals surface area contributed by atoms with Crippen molar-refractivity contribution in [1.29, 1.82) is 0 Å². The van der Waals surface area contributed by atoms with Crippen LogP contribution in [0.3, 0.4) is 0 Å². The lowest BCUT2D eigenvalue weighted by Gasteiger charge is -2.15. The third-order valence-electron chi connectivity index (χ3n) is 3.07. The molecule has 102 valence electrons. The van der Waals surface area contributed by atoms with Crippen molar-refractivity contribution in [1.82, 2.24) is 9.55 Å². The molecule has 6 heteroatoms. The van der Waals surface area contributed by atoms with Crippen molar-refractivity contribution >= 4 is 33.3 Å². The summed E-state index contributed by atoms with van der Waals surface area (Å²) in [4.78, 5) is 16.8. The topological polar surface area (TPSA) is 52.0 Å². The van der Waals surface area contributed by atoms with Crippen molar-refractivity contribution in [2.75, 3.05) is 6.26 Å². The van der Waals surface area contributed by atoms with E-state index >= 15 is 0 Å². The number of para-hydroxylation sites is 1. The van der Waals surface area contributed by atoms with Crippen LogP contribution in [0, 0.1) is 0 Å². The maximum atomic E-state index is 12.4. The van der Waals surface area contributed by atoms with E-state index in [0.717, 1.165) is 0 Å². The molecule has 1 aromatic heterocycles. The van der Waals surface area contributed by atoms with E-state index in [1.807, 2.05) is 13.0 Å². The van der Waals surface area contributed by atoms with Gasteiger partial charge in [-0.3, -0.25) is 13.6 Å². The number of hydrogen-bond acceptors (Lipinski definition) is 3. The van der Waals surface area contributed by atoms with Crippen LogP contribution in [0.4, 0.5) is 0 Å². The van der Waals surface area contributed by atoms with Crippen LogP contribution in [-0.4, -0.2) is 25.3 Å². The molecule has 2 unspecified atom stereocenters. The molecule has 1 heterocycles. The van der Waals surface area contributed by atoms with Crippen molar-refractivity contribution in [3.05, 3.63) is 40.4 Å². The smallest absolute Gasteiger partial charge is 0.261 e. The van der Waals surface area contributed by atoms with E-state index in [1.165, 1.54) is 4.57 Å². The van der Waals surface area contributed by atoms with E-state index in [-0.39, 0.29) is 16.7 Å². The normalized spacial score (nSPS) is 14.5. The summed E-state index contributed by atoms with van der Waals surface area (Å²) < 4.78 is 13.0. The molecule has 0 amide bonds. The number of rotatable bonds is 4. The zero-order valence-electron chi connectivity index (χ0n) is 10.8. The molecule has 2 rings (SSSR count). The maximum absolute atomic E-state index is 12.4. The summed E-state index contributed by atoms with van der Waals surface area (Å²) in [5.41, 5.74) is 0.517. The Balaban J connectivity index is 2.61. The van der Waals surface area contributed by atoms with Crippen molar-refractivity contribution in [2.24, 2.45) is 0 Å². The standard InChI is InChI=1S/C13H15ClN2O2S/c1-9(19(2)18)8-16-12(7-14)15-11-6-4-3-5-10(11)13(16)17/h3-6,9H,7-8H2,1-2H3. The summed E-state index contributed by atoms with van der Waals surface area (Å²) in [6.45, 7) is 2.21. The molecule has 0 aliphatic rings. The first-order valence-electron chi connectivity index (χ1n) is 5.91. The molecule has 0 saturated heterocycles. The Morgan fingerprint density at radius 2 is 2.11 bits per heavy atom. The van der Waals surface area contributed by atoms with Gasteiger partial charge in [-0.15, -0.1) is 11.6 Å². The number of aromatic nitrogens is 2. The van der Waals surface area contributed by atoms with Gasteiger partial charge in [0.15, 0.2) is 0 Å². The summed E-state index contributed by atoms with van der Waals surface area (Å²) in [7, 11) is -0.994. The van der Waals surface area contributed by atoms with Crippen molar-refractivity contribution < 1.29 is 4.21 Å². The summed E-state index contributed by atoms with van der Waals surface area (Å²) in [5, 5.41) is 0.438. The van der Waals surface area contributed by atoms with Gasteiger partial charge in [-0.25, -0.2) is 4.98 Å². The predicted octanol–water partition coefficient (Wildman–Crippen LogP) is 1.90. The molecule has 2 aromatic rings. The van der Waals surface area contributed by atoms with Crippen molar-refractivity contribution in [2.45, 2.75) is 24.6 Å². The Hall–Kier alpha value is -1.20. The average molecular weight is 299 g/mol. The highest BCUT2D eigenvalue weighted by Gasteiger charge is 2.14. The summed E-state index contributed by atoms with van der Waals surface area (Å²) >= 11 is 5.87. The molecule has 2 atom stereocenters. The molecule has 0 spiro atoms. The predicted molar refractivity (Wildman–Crippen MR) is 79.1 cm³/mol. The molecule has 1 aromatic carbocycles. The van der Waals surface area contributed by atoms with E-state index in [9.17, 15) is 9.00 Å². The fourth-order valence-electron chi connectivity index (χ4n) is 1.87. The molecule has 0 aliphatic heterocycles. The van der Waals surface area contributed by atoms with Gasteiger partial charge < -0.3 is 0 Å². The zero-order chi connectivity index (χ0) is 14.0. The second kappa shape index (κ2) is 5.84. The summed E-state index contributed by atoms with van der Waals surface area (Å²) in [6.07, 6.45) is 1.63. The lowest BCUT2D eigenvalue weighted by molar-refractivity contribution is 0.610. The van der Waals surface area contributed by atoms with Gasteiger partial charge in [0, 0.05) is 28.9 Å². The Labute approximate surface area is 118 Å². The molecule has 0 N–H and O–H groups in total. The Bertz CT molecular complexity index is 684. The first-order valence-corrected chi connectivity index (χ1v) is 8.06. The highest BCUT2D eigenvalue weighted by molar-refractivity contribution is 7.84. The van der Waals surface area contributed by atoms with E-state index < -0.39 is 10.8 Å². The third-order valence-corrected chi connectivity index (χ3v) is 4.59. The molecule has 0 saturated carbocycles. The van der Waals surface area contributed by atoms with Crippen molar-refractivity contribution in [3.63, 3.8) is 0 Å². The molecule has 0 bridgehead atoms. The first-order chi connectivity index (χ1) is 9.04. The summed E-state index contributed by atoms with van der Waals surface area (Å²) in [5.74, 6) is 0.672. The van der Waals surface area contributed by atoms with Gasteiger partial charge in [-0.2, -0.15) is 0 Å². The van der Waals surface area contributed by atoms with Gasteiger partial charge >= 0.3 is 0 Å². The fraction of sp³-hybridized carbons (Fsp3) is 0.385. The minimum atomic E-state index is -0.994. The minimum Gasteiger partial charge on any atom is -0.294 e. The van der Waals surface area contributed by atoms with Gasteiger partial charge in [0.1, 0.15) is 5.82 Å². The van der Waals surface area contributed by atoms with Gasteiger partial charge in [0.2, 0.25) is 0 Å². The SMILES string of the molecule is CC(Cn1c(CCl)nc2ccccc2c1=O)S(C)=O. The van der Waals surface area contributed by atoms with Gasteiger partial charge in [-0.1, -0.05) is 12.1 Å². The largest absolute Gasteiger partial charge is 0.294 e. The monoisotopic (exact) mass is 298 g/mol. The highest BCUT2D eigenvalue weighted by Crippen LogP contribution is 2.10. The Morgan fingerprint density at radius 3 is 2.74 bits per heavy atom. The van der Waals surface area contributed by atoms with Crippen LogP contribution in [-0.2, 0) is 23.2 Å².